The van der Waals surface area contributed by atoms with Gasteiger partial charge in [0.05, 0.1) is 12.8 Å². The molecule has 1 N–H and O–H groups in total. The minimum absolute atomic E-state index is 0.589. The molecular weight excluding hydrogens is 280 g/mol. The lowest BCUT2D eigenvalue weighted by molar-refractivity contribution is -0.0793. The van der Waals surface area contributed by atoms with E-state index >= 15 is 0 Å². The summed E-state index contributed by atoms with van der Waals surface area (Å²) >= 11 is 0. The Morgan fingerprint density at radius 1 is 1.05 bits per heavy atom. The molecule has 0 amide bonds. The zero-order chi connectivity index (χ0) is 15.4. The maximum atomic E-state index is 10.1. The number of para-hydroxylation sites is 1. The van der Waals surface area contributed by atoms with E-state index in [2.05, 4.69) is 4.98 Å². The van der Waals surface area contributed by atoms with Gasteiger partial charge in [-0.05, 0) is 24.3 Å². The monoisotopic (exact) mass is 296 g/mol. The molecular formula is C17H16N2O3. The molecule has 0 saturated heterocycles. The number of aromatic nitrogens is 2. The van der Waals surface area contributed by atoms with Crippen LogP contribution in [0.4, 0.5) is 0 Å². The van der Waals surface area contributed by atoms with Crippen molar-refractivity contribution in [3.63, 3.8) is 0 Å². The first-order valence-corrected chi connectivity index (χ1v) is 6.84. The lowest BCUT2D eigenvalue weighted by Crippen LogP contribution is -2.13. The molecule has 3 aromatic rings. The molecule has 0 aliphatic rings. The number of aliphatic hydroxyl groups is 1. The van der Waals surface area contributed by atoms with Crippen LogP contribution in [-0.4, -0.2) is 21.8 Å². The van der Waals surface area contributed by atoms with Crippen LogP contribution in [0.15, 0.2) is 67.1 Å². The van der Waals surface area contributed by atoms with Crippen LogP contribution >= 0.6 is 0 Å². The Hall–Kier alpha value is -2.79. The van der Waals surface area contributed by atoms with Gasteiger partial charge in [-0.1, -0.05) is 30.3 Å². The summed E-state index contributed by atoms with van der Waals surface area (Å²) in [4.78, 5) is 4.29. The first-order valence-electron chi connectivity index (χ1n) is 6.84. The third-order valence-corrected chi connectivity index (χ3v) is 3.21. The van der Waals surface area contributed by atoms with Gasteiger partial charge in [-0.15, -0.1) is 0 Å². The van der Waals surface area contributed by atoms with Gasteiger partial charge in [0.15, 0.2) is 0 Å². The third-order valence-electron chi connectivity index (χ3n) is 3.21. The molecule has 5 heteroatoms. The quantitative estimate of drug-likeness (QED) is 0.735. The number of nitrogens with zero attached hydrogens (tertiary/aromatic N) is 2. The van der Waals surface area contributed by atoms with Crippen LogP contribution < -0.4 is 9.47 Å². The molecule has 1 heterocycles. The number of ether oxygens (including phenoxy) is 2. The molecule has 2 aromatic carbocycles. The van der Waals surface area contributed by atoms with Crippen LogP contribution in [0.2, 0.25) is 0 Å². The van der Waals surface area contributed by atoms with Crippen molar-refractivity contribution in [3.05, 3.63) is 67.1 Å². The summed E-state index contributed by atoms with van der Waals surface area (Å²) in [7, 11) is 1.62. The topological polar surface area (TPSA) is 56.5 Å². The number of rotatable bonds is 5. The second-order valence-electron chi connectivity index (χ2n) is 4.70. The molecule has 3 rings (SSSR count). The lowest BCUT2D eigenvalue weighted by atomic mass is 10.1. The standard InChI is InChI=1S/C17H16N2O3/c1-21-15-9-5-6-13(10-15)16-11-19(12-18-16)17(20)22-14-7-3-2-4-8-14/h2-12,17,20H,1H3. The van der Waals surface area contributed by atoms with Crippen molar-refractivity contribution in [3.8, 4) is 22.8 Å². The van der Waals surface area contributed by atoms with Gasteiger partial charge < -0.3 is 14.6 Å². The Morgan fingerprint density at radius 2 is 1.82 bits per heavy atom. The van der Waals surface area contributed by atoms with Gasteiger partial charge in [-0.2, -0.15) is 0 Å². The number of hydrogen-bond acceptors (Lipinski definition) is 4. The van der Waals surface area contributed by atoms with Crippen molar-refractivity contribution in [2.75, 3.05) is 7.11 Å². The first kappa shape index (κ1) is 14.2. The fourth-order valence-electron chi connectivity index (χ4n) is 2.07. The minimum Gasteiger partial charge on any atom is -0.497 e. The average Bonchev–Trinajstić information content (AvgIpc) is 3.06. The summed E-state index contributed by atoms with van der Waals surface area (Å²) in [6.45, 7) is 0. The molecule has 0 spiro atoms. The van der Waals surface area contributed by atoms with Gasteiger partial charge in [0.2, 0.25) is 0 Å². The van der Waals surface area contributed by atoms with E-state index in [4.69, 9.17) is 9.47 Å². The number of methoxy groups -OCH3 is 1. The number of aliphatic hydroxyl groups excluding tert-OH is 1. The van der Waals surface area contributed by atoms with E-state index in [1.165, 1.54) is 10.9 Å². The first-order chi connectivity index (χ1) is 10.8. The molecule has 0 bridgehead atoms. The van der Waals surface area contributed by atoms with Crippen LogP contribution in [0.1, 0.15) is 6.41 Å². The zero-order valence-corrected chi connectivity index (χ0v) is 12.1. The SMILES string of the molecule is COc1cccc(-c2cn(C(O)Oc3ccccc3)cn2)c1. The zero-order valence-electron chi connectivity index (χ0n) is 12.1. The Kier molecular flexibility index (Phi) is 4.07. The number of benzene rings is 2. The molecule has 22 heavy (non-hydrogen) atoms. The molecule has 1 unspecified atom stereocenters. The molecule has 0 radical (unpaired) electrons. The van der Waals surface area contributed by atoms with Crippen molar-refractivity contribution in [1.29, 1.82) is 0 Å². The molecule has 0 aliphatic heterocycles. The van der Waals surface area contributed by atoms with Crippen LogP contribution in [0.5, 0.6) is 11.5 Å². The predicted molar refractivity (Wildman–Crippen MR) is 82.5 cm³/mol. The molecule has 0 saturated carbocycles. The minimum atomic E-state index is -1.13. The lowest BCUT2D eigenvalue weighted by Gasteiger charge is -2.13. The molecule has 0 fully saturated rings. The van der Waals surface area contributed by atoms with Crippen molar-refractivity contribution < 1.29 is 14.6 Å². The van der Waals surface area contributed by atoms with Crippen molar-refractivity contribution in [2.45, 2.75) is 6.41 Å². The van der Waals surface area contributed by atoms with Crippen LogP contribution in [0, 0.1) is 0 Å². The number of hydrogen-bond donors (Lipinski definition) is 1. The summed E-state index contributed by atoms with van der Waals surface area (Å²) in [6.07, 6.45) is 2.12. The molecule has 1 aromatic heterocycles. The normalized spacial score (nSPS) is 11.9. The maximum Gasteiger partial charge on any atom is 0.286 e. The largest absolute Gasteiger partial charge is 0.497 e. The Morgan fingerprint density at radius 3 is 2.59 bits per heavy atom. The van der Waals surface area contributed by atoms with Crippen molar-refractivity contribution >= 4 is 0 Å². The maximum absolute atomic E-state index is 10.1. The highest BCUT2D eigenvalue weighted by atomic mass is 16.6. The van der Waals surface area contributed by atoms with Crippen LogP contribution in [0.25, 0.3) is 11.3 Å². The molecule has 112 valence electrons. The Labute approximate surface area is 128 Å². The number of imidazole rings is 1. The van der Waals surface area contributed by atoms with Gasteiger partial charge in [-0.25, -0.2) is 4.98 Å². The van der Waals surface area contributed by atoms with Crippen molar-refractivity contribution in [2.24, 2.45) is 0 Å². The Balaban J connectivity index is 1.78. The van der Waals surface area contributed by atoms with Crippen LogP contribution in [0.3, 0.4) is 0 Å². The van der Waals surface area contributed by atoms with E-state index in [1.54, 1.807) is 25.4 Å². The molecule has 0 aliphatic carbocycles. The van der Waals surface area contributed by atoms with Gasteiger partial charge >= 0.3 is 0 Å². The summed E-state index contributed by atoms with van der Waals surface area (Å²) in [5, 5.41) is 10.1. The second-order valence-corrected chi connectivity index (χ2v) is 4.70. The van der Waals surface area contributed by atoms with Gasteiger partial charge in [0.1, 0.15) is 17.8 Å². The Bertz CT molecular complexity index is 740. The summed E-state index contributed by atoms with van der Waals surface area (Å²) in [6, 6.07) is 16.7. The van der Waals surface area contributed by atoms with Crippen molar-refractivity contribution in [1.82, 2.24) is 9.55 Å². The highest BCUT2D eigenvalue weighted by Crippen LogP contribution is 2.23. The van der Waals surface area contributed by atoms with E-state index < -0.39 is 6.41 Å². The fraction of sp³-hybridized carbons (Fsp3) is 0.118. The summed E-state index contributed by atoms with van der Waals surface area (Å²) < 4.78 is 12.2. The van der Waals surface area contributed by atoms with E-state index in [9.17, 15) is 5.11 Å². The fourth-order valence-corrected chi connectivity index (χ4v) is 2.07. The molecule has 1 atom stereocenters. The summed E-state index contributed by atoms with van der Waals surface area (Å²) in [5.74, 6) is 1.35. The van der Waals surface area contributed by atoms with Crippen LogP contribution in [-0.2, 0) is 0 Å². The van der Waals surface area contributed by atoms with E-state index in [-0.39, 0.29) is 0 Å². The highest BCUT2D eigenvalue weighted by molar-refractivity contribution is 5.60. The van der Waals surface area contributed by atoms with E-state index in [0.717, 1.165) is 17.0 Å². The third kappa shape index (κ3) is 3.10. The molecule has 5 nitrogen and oxygen atoms in total. The van der Waals surface area contributed by atoms with Gasteiger partial charge in [-0.3, -0.25) is 4.57 Å². The van der Waals surface area contributed by atoms with Gasteiger partial charge in [0, 0.05) is 11.8 Å². The predicted octanol–water partition coefficient (Wildman–Crippen LogP) is 3.09. The second kappa shape index (κ2) is 6.32. The summed E-state index contributed by atoms with van der Waals surface area (Å²) in [5.41, 5.74) is 1.64. The van der Waals surface area contributed by atoms with Gasteiger partial charge in [0.25, 0.3) is 6.41 Å². The smallest absolute Gasteiger partial charge is 0.286 e. The average molecular weight is 296 g/mol. The van der Waals surface area contributed by atoms with E-state index in [1.807, 2.05) is 42.5 Å². The van der Waals surface area contributed by atoms with E-state index in [0.29, 0.717) is 5.75 Å². The highest BCUT2D eigenvalue weighted by Gasteiger charge is 2.10.